The lowest BCUT2D eigenvalue weighted by Crippen LogP contribution is -2.05. The zero-order valence-electron chi connectivity index (χ0n) is 7.67. The molecule has 0 unspecified atom stereocenters. The molecule has 0 bridgehead atoms. The molecule has 1 rings (SSSR count). The van der Waals surface area contributed by atoms with Crippen molar-refractivity contribution in [2.75, 3.05) is 19.3 Å². The monoisotopic (exact) mass is 175 g/mol. The van der Waals surface area contributed by atoms with Crippen molar-refractivity contribution >= 4 is 5.82 Å². The summed E-state index contributed by atoms with van der Waals surface area (Å²) in [6, 6.07) is 3.62. The number of nitrogens with two attached hydrogens (primary N) is 1. The third-order valence-electron chi connectivity index (χ3n) is 1.52. The quantitative estimate of drug-likeness (QED) is 0.512. The van der Waals surface area contributed by atoms with Gasteiger partial charge in [-0.1, -0.05) is 11.8 Å². The van der Waals surface area contributed by atoms with Crippen molar-refractivity contribution in [2.24, 2.45) is 0 Å². The molecule has 0 fully saturated rings. The van der Waals surface area contributed by atoms with E-state index in [1.54, 1.807) is 12.3 Å². The summed E-state index contributed by atoms with van der Waals surface area (Å²) in [6.45, 7) is 0.912. The lowest BCUT2D eigenvalue weighted by Gasteiger charge is -1.91. The van der Waals surface area contributed by atoms with Crippen LogP contribution in [0.15, 0.2) is 18.3 Å². The highest BCUT2D eigenvalue weighted by atomic mass is 14.8. The van der Waals surface area contributed by atoms with E-state index < -0.39 is 0 Å². The Labute approximate surface area is 78.4 Å². The lowest BCUT2D eigenvalue weighted by atomic mass is 10.3. The summed E-state index contributed by atoms with van der Waals surface area (Å²) in [7, 11) is 1.91. The minimum atomic E-state index is 0.528. The molecule has 0 saturated carbocycles. The molecular weight excluding hydrogens is 162 g/mol. The molecule has 0 saturated heterocycles. The molecule has 13 heavy (non-hydrogen) atoms. The van der Waals surface area contributed by atoms with Crippen molar-refractivity contribution in [1.82, 2.24) is 10.3 Å². The Morgan fingerprint density at radius 2 is 2.38 bits per heavy atom. The van der Waals surface area contributed by atoms with Gasteiger partial charge in [0.1, 0.15) is 5.82 Å². The first-order valence-electron chi connectivity index (χ1n) is 4.18. The number of rotatable bonds is 2. The molecule has 1 aromatic rings. The maximum absolute atomic E-state index is 5.43. The van der Waals surface area contributed by atoms with Crippen LogP contribution < -0.4 is 11.1 Å². The van der Waals surface area contributed by atoms with Crippen LogP contribution in [0.2, 0.25) is 0 Å². The second-order valence-electron chi connectivity index (χ2n) is 2.63. The van der Waals surface area contributed by atoms with E-state index in [4.69, 9.17) is 5.73 Å². The first kappa shape index (κ1) is 9.56. The van der Waals surface area contributed by atoms with Crippen molar-refractivity contribution in [1.29, 1.82) is 0 Å². The predicted molar refractivity (Wildman–Crippen MR) is 54.1 cm³/mol. The number of nitrogens with zero attached hydrogens (tertiary/aromatic N) is 1. The zero-order valence-corrected chi connectivity index (χ0v) is 7.67. The molecule has 68 valence electrons. The Morgan fingerprint density at radius 3 is 3.00 bits per heavy atom. The van der Waals surface area contributed by atoms with Gasteiger partial charge in [-0.25, -0.2) is 4.98 Å². The van der Waals surface area contributed by atoms with Crippen molar-refractivity contribution in [3.8, 4) is 11.8 Å². The van der Waals surface area contributed by atoms with Crippen LogP contribution in [0.25, 0.3) is 0 Å². The highest BCUT2D eigenvalue weighted by Crippen LogP contribution is 1.98. The molecule has 0 aliphatic heterocycles. The molecule has 1 heterocycles. The van der Waals surface area contributed by atoms with Crippen LogP contribution in [0.1, 0.15) is 12.0 Å². The van der Waals surface area contributed by atoms with Gasteiger partial charge in [0, 0.05) is 24.7 Å². The van der Waals surface area contributed by atoms with E-state index in [1.807, 2.05) is 13.1 Å². The van der Waals surface area contributed by atoms with Crippen LogP contribution in [0.5, 0.6) is 0 Å². The second-order valence-corrected chi connectivity index (χ2v) is 2.63. The van der Waals surface area contributed by atoms with E-state index in [0.29, 0.717) is 5.82 Å². The fourth-order valence-corrected chi connectivity index (χ4v) is 0.831. The molecular formula is C10H13N3. The zero-order chi connectivity index (χ0) is 9.52. The Morgan fingerprint density at radius 1 is 1.54 bits per heavy atom. The van der Waals surface area contributed by atoms with Gasteiger partial charge >= 0.3 is 0 Å². The summed E-state index contributed by atoms with van der Waals surface area (Å²) in [6.07, 6.45) is 2.53. The first-order chi connectivity index (χ1) is 6.33. The van der Waals surface area contributed by atoms with Crippen molar-refractivity contribution in [3.63, 3.8) is 0 Å². The van der Waals surface area contributed by atoms with E-state index in [9.17, 15) is 0 Å². The van der Waals surface area contributed by atoms with Crippen LogP contribution in [-0.4, -0.2) is 18.6 Å². The smallest absolute Gasteiger partial charge is 0.123 e. The molecule has 3 N–H and O–H groups in total. The van der Waals surface area contributed by atoms with Gasteiger partial charge in [0.25, 0.3) is 0 Å². The number of anilines is 1. The van der Waals surface area contributed by atoms with E-state index in [-0.39, 0.29) is 0 Å². The van der Waals surface area contributed by atoms with Gasteiger partial charge in [0.15, 0.2) is 0 Å². The Hall–Kier alpha value is -1.53. The topological polar surface area (TPSA) is 50.9 Å². The van der Waals surface area contributed by atoms with Crippen LogP contribution >= 0.6 is 0 Å². The Bertz CT molecular complexity index is 305. The molecule has 0 amide bonds. The molecule has 0 radical (unpaired) electrons. The minimum Gasteiger partial charge on any atom is -0.384 e. The minimum absolute atomic E-state index is 0.528. The predicted octanol–water partition coefficient (Wildman–Crippen LogP) is 0.625. The summed E-state index contributed by atoms with van der Waals surface area (Å²) >= 11 is 0. The number of pyridine rings is 1. The van der Waals surface area contributed by atoms with Crippen LogP contribution in [0, 0.1) is 11.8 Å². The summed E-state index contributed by atoms with van der Waals surface area (Å²) in [5.41, 5.74) is 6.34. The average Bonchev–Trinajstić information content (AvgIpc) is 2.15. The number of nitrogen functional groups attached to an aromatic ring is 1. The van der Waals surface area contributed by atoms with E-state index >= 15 is 0 Å². The molecule has 0 aromatic carbocycles. The second kappa shape index (κ2) is 5.18. The SMILES string of the molecule is CNCCC#Cc1ccc(N)nc1. The summed E-state index contributed by atoms with van der Waals surface area (Å²) in [4.78, 5) is 3.94. The third kappa shape index (κ3) is 3.59. The van der Waals surface area contributed by atoms with Crippen LogP contribution in [-0.2, 0) is 0 Å². The largest absolute Gasteiger partial charge is 0.384 e. The Kier molecular flexibility index (Phi) is 3.80. The third-order valence-corrected chi connectivity index (χ3v) is 1.52. The molecule has 3 nitrogen and oxygen atoms in total. The maximum Gasteiger partial charge on any atom is 0.123 e. The van der Waals surface area contributed by atoms with Gasteiger partial charge in [0.05, 0.1) is 0 Å². The highest BCUT2D eigenvalue weighted by molar-refractivity contribution is 5.37. The number of hydrogen-bond acceptors (Lipinski definition) is 3. The standard InChI is InChI=1S/C10H13N3/c1-12-7-3-2-4-9-5-6-10(11)13-8-9/h5-6,8,12H,3,7H2,1H3,(H2,11,13). The van der Waals surface area contributed by atoms with Crippen molar-refractivity contribution < 1.29 is 0 Å². The maximum atomic E-state index is 5.43. The number of hydrogen-bond donors (Lipinski definition) is 2. The van der Waals surface area contributed by atoms with E-state index in [2.05, 4.69) is 22.1 Å². The molecule has 0 aliphatic carbocycles. The lowest BCUT2D eigenvalue weighted by molar-refractivity contribution is 0.818. The molecule has 0 aliphatic rings. The molecule has 0 atom stereocenters. The number of aromatic nitrogens is 1. The normalized spacial score (nSPS) is 9.00. The Balaban J connectivity index is 2.52. The van der Waals surface area contributed by atoms with E-state index in [1.165, 1.54) is 0 Å². The summed E-state index contributed by atoms with van der Waals surface area (Å²) in [5.74, 6) is 6.56. The van der Waals surface area contributed by atoms with Gasteiger partial charge in [-0.3, -0.25) is 0 Å². The van der Waals surface area contributed by atoms with Gasteiger partial charge in [-0.05, 0) is 19.2 Å². The summed E-state index contributed by atoms with van der Waals surface area (Å²) < 4.78 is 0. The molecule has 0 spiro atoms. The molecule has 3 heteroatoms. The van der Waals surface area contributed by atoms with Gasteiger partial charge < -0.3 is 11.1 Å². The summed E-state index contributed by atoms with van der Waals surface area (Å²) in [5, 5.41) is 3.02. The number of nitrogens with one attached hydrogen (secondary N) is 1. The average molecular weight is 175 g/mol. The van der Waals surface area contributed by atoms with Crippen molar-refractivity contribution in [3.05, 3.63) is 23.9 Å². The van der Waals surface area contributed by atoms with Crippen molar-refractivity contribution in [2.45, 2.75) is 6.42 Å². The van der Waals surface area contributed by atoms with E-state index in [0.717, 1.165) is 18.5 Å². The van der Waals surface area contributed by atoms with Gasteiger partial charge in [-0.2, -0.15) is 0 Å². The fourth-order valence-electron chi connectivity index (χ4n) is 0.831. The fraction of sp³-hybridized carbons (Fsp3) is 0.300. The first-order valence-corrected chi connectivity index (χ1v) is 4.18. The highest BCUT2D eigenvalue weighted by Gasteiger charge is 1.86. The molecule has 1 aromatic heterocycles. The van der Waals surface area contributed by atoms with Crippen LogP contribution in [0.3, 0.4) is 0 Å². The van der Waals surface area contributed by atoms with Gasteiger partial charge in [-0.15, -0.1) is 0 Å². The van der Waals surface area contributed by atoms with Gasteiger partial charge in [0.2, 0.25) is 0 Å². The van der Waals surface area contributed by atoms with Crippen LogP contribution in [0.4, 0.5) is 5.82 Å².